The van der Waals surface area contributed by atoms with Gasteiger partial charge in [0.2, 0.25) is 0 Å². The molecule has 0 aliphatic carbocycles. The van der Waals surface area contributed by atoms with Crippen LogP contribution in [0.5, 0.6) is 0 Å². The van der Waals surface area contributed by atoms with Gasteiger partial charge in [0.15, 0.2) is 5.65 Å². The molecule has 1 aromatic carbocycles. The fraction of sp³-hybridized carbons (Fsp3) is 0.143. The summed E-state index contributed by atoms with van der Waals surface area (Å²) in [7, 11) is 0. The highest BCUT2D eigenvalue weighted by Gasteiger charge is 2.12. The van der Waals surface area contributed by atoms with Crippen LogP contribution in [0.1, 0.15) is 11.3 Å². The highest BCUT2D eigenvalue weighted by atomic mass is 35.5. The van der Waals surface area contributed by atoms with Crippen LogP contribution in [0.25, 0.3) is 16.9 Å². The third-order valence-electron chi connectivity index (χ3n) is 3.22. The zero-order chi connectivity index (χ0) is 13.6. The fourth-order valence-electron chi connectivity index (χ4n) is 2.08. The first-order chi connectivity index (χ1) is 9.06. The van der Waals surface area contributed by atoms with Gasteiger partial charge in [-0.15, -0.1) is 0 Å². The van der Waals surface area contributed by atoms with Gasteiger partial charge in [0.25, 0.3) is 0 Å². The lowest BCUT2D eigenvalue weighted by atomic mass is 10.1. The average molecular weight is 273 g/mol. The molecule has 3 aromatic rings. The third kappa shape index (κ3) is 1.94. The van der Waals surface area contributed by atoms with Crippen molar-refractivity contribution < 1.29 is 0 Å². The maximum atomic E-state index is 5.96. The van der Waals surface area contributed by atoms with Gasteiger partial charge in [0.1, 0.15) is 5.15 Å². The number of aryl methyl sites for hydroxylation is 2. The number of hydrogen-bond acceptors (Lipinski definition) is 3. The minimum Gasteiger partial charge on any atom is -0.398 e. The van der Waals surface area contributed by atoms with E-state index in [1.807, 2.05) is 38.1 Å². The Kier molecular flexibility index (Phi) is 2.68. The predicted molar refractivity (Wildman–Crippen MR) is 77.3 cm³/mol. The Morgan fingerprint density at radius 1 is 1.16 bits per heavy atom. The molecule has 0 spiro atoms. The molecule has 0 radical (unpaired) electrons. The molecule has 0 bridgehead atoms. The molecule has 0 fully saturated rings. The summed E-state index contributed by atoms with van der Waals surface area (Å²) in [6, 6.07) is 9.53. The smallest absolute Gasteiger partial charge is 0.154 e. The van der Waals surface area contributed by atoms with Crippen molar-refractivity contribution in [2.75, 3.05) is 5.73 Å². The molecule has 96 valence electrons. The van der Waals surface area contributed by atoms with Crippen LogP contribution in [0, 0.1) is 13.8 Å². The maximum absolute atomic E-state index is 5.96. The molecule has 4 nitrogen and oxygen atoms in total. The largest absolute Gasteiger partial charge is 0.398 e. The van der Waals surface area contributed by atoms with Crippen LogP contribution in [-0.2, 0) is 0 Å². The summed E-state index contributed by atoms with van der Waals surface area (Å²) in [6.45, 7) is 3.95. The summed E-state index contributed by atoms with van der Waals surface area (Å²) in [5, 5.41) is 4.70. The van der Waals surface area contributed by atoms with Crippen molar-refractivity contribution in [3.05, 3.63) is 46.7 Å². The number of nitrogens with zero attached hydrogens (tertiary/aromatic N) is 3. The lowest BCUT2D eigenvalue weighted by Gasteiger charge is -2.03. The van der Waals surface area contributed by atoms with Gasteiger partial charge >= 0.3 is 0 Å². The number of imidazole rings is 1. The minimum atomic E-state index is 0.447. The molecule has 2 heterocycles. The summed E-state index contributed by atoms with van der Waals surface area (Å²) in [4.78, 5) is 4.58. The number of halogens is 1. The van der Waals surface area contributed by atoms with E-state index in [0.717, 1.165) is 33.8 Å². The fourth-order valence-corrected chi connectivity index (χ4v) is 2.22. The van der Waals surface area contributed by atoms with Crippen molar-refractivity contribution in [3.63, 3.8) is 0 Å². The molecule has 0 saturated heterocycles. The monoisotopic (exact) mass is 272 g/mol. The van der Waals surface area contributed by atoms with Gasteiger partial charge < -0.3 is 5.73 Å². The Hall–Kier alpha value is -2.07. The van der Waals surface area contributed by atoms with Crippen LogP contribution >= 0.6 is 11.6 Å². The van der Waals surface area contributed by atoms with Crippen molar-refractivity contribution >= 4 is 22.9 Å². The summed E-state index contributed by atoms with van der Waals surface area (Å²) in [5.41, 5.74) is 11.4. The van der Waals surface area contributed by atoms with Crippen molar-refractivity contribution in [1.29, 1.82) is 0 Å². The van der Waals surface area contributed by atoms with Crippen LogP contribution in [0.3, 0.4) is 0 Å². The Labute approximate surface area is 115 Å². The van der Waals surface area contributed by atoms with Gasteiger partial charge in [-0.3, -0.25) is 0 Å². The van der Waals surface area contributed by atoms with Crippen LogP contribution < -0.4 is 5.73 Å². The van der Waals surface area contributed by atoms with E-state index in [-0.39, 0.29) is 0 Å². The molecule has 0 atom stereocenters. The zero-order valence-electron chi connectivity index (χ0n) is 10.7. The highest BCUT2D eigenvalue weighted by molar-refractivity contribution is 6.29. The van der Waals surface area contributed by atoms with Gasteiger partial charge in [-0.1, -0.05) is 23.7 Å². The normalized spacial score (nSPS) is 11.1. The van der Waals surface area contributed by atoms with Crippen molar-refractivity contribution in [1.82, 2.24) is 14.6 Å². The number of benzene rings is 1. The lowest BCUT2D eigenvalue weighted by molar-refractivity contribution is 0.901. The van der Waals surface area contributed by atoms with Gasteiger partial charge in [0.05, 0.1) is 11.4 Å². The quantitative estimate of drug-likeness (QED) is 0.692. The SMILES string of the molecule is Cc1ccc(-c2nc3ccc(Cl)nn3c2C)cc1N. The van der Waals surface area contributed by atoms with E-state index in [1.54, 1.807) is 10.6 Å². The molecule has 0 aliphatic rings. The molecule has 0 amide bonds. The van der Waals surface area contributed by atoms with E-state index in [0.29, 0.717) is 5.15 Å². The summed E-state index contributed by atoms with van der Waals surface area (Å²) >= 11 is 5.91. The van der Waals surface area contributed by atoms with E-state index in [2.05, 4.69) is 10.1 Å². The number of rotatable bonds is 1. The Bertz CT molecular complexity index is 776. The van der Waals surface area contributed by atoms with Crippen molar-refractivity contribution in [2.24, 2.45) is 0 Å². The predicted octanol–water partition coefficient (Wildman–Crippen LogP) is 3.25. The second-order valence-corrected chi connectivity index (χ2v) is 4.93. The molecular weight excluding hydrogens is 260 g/mol. The summed E-state index contributed by atoms with van der Waals surface area (Å²) in [6.07, 6.45) is 0. The number of hydrogen-bond donors (Lipinski definition) is 1. The standard InChI is InChI=1S/C14H13ClN4/c1-8-3-4-10(7-11(8)16)14-9(2)19-13(17-14)6-5-12(15)18-19/h3-7H,16H2,1-2H3. The molecule has 19 heavy (non-hydrogen) atoms. The molecule has 5 heteroatoms. The van der Waals surface area contributed by atoms with Gasteiger partial charge in [-0.2, -0.15) is 5.10 Å². The van der Waals surface area contributed by atoms with Crippen LogP contribution in [0.4, 0.5) is 5.69 Å². The molecule has 0 saturated carbocycles. The van der Waals surface area contributed by atoms with Gasteiger partial charge in [-0.05, 0) is 37.6 Å². The number of fused-ring (bicyclic) bond motifs is 1. The topological polar surface area (TPSA) is 56.2 Å². The lowest BCUT2D eigenvalue weighted by Crippen LogP contribution is -1.94. The zero-order valence-corrected chi connectivity index (χ0v) is 11.4. The number of nitrogens with two attached hydrogens (primary N) is 1. The number of nitrogen functional groups attached to an aromatic ring is 1. The Morgan fingerprint density at radius 2 is 1.95 bits per heavy atom. The first-order valence-corrected chi connectivity index (χ1v) is 6.32. The van der Waals surface area contributed by atoms with E-state index in [1.165, 1.54) is 0 Å². The molecular formula is C14H13ClN4. The van der Waals surface area contributed by atoms with E-state index in [9.17, 15) is 0 Å². The van der Waals surface area contributed by atoms with E-state index in [4.69, 9.17) is 17.3 Å². The first-order valence-electron chi connectivity index (χ1n) is 5.94. The minimum absolute atomic E-state index is 0.447. The summed E-state index contributed by atoms with van der Waals surface area (Å²) < 4.78 is 1.74. The average Bonchev–Trinajstić information content (AvgIpc) is 2.70. The molecule has 3 rings (SSSR count). The third-order valence-corrected chi connectivity index (χ3v) is 3.42. The van der Waals surface area contributed by atoms with Crippen molar-refractivity contribution in [2.45, 2.75) is 13.8 Å². The second kappa shape index (κ2) is 4.24. The Morgan fingerprint density at radius 3 is 2.68 bits per heavy atom. The molecule has 0 aliphatic heterocycles. The highest BCUT2D eigenvalue weighted by Crippen LogP contribution is 2.26. The van der Waals surface area contributed by atoms with Crippen LogP contribution in [0.2, 0.25) is 5.15 Å². The molecule has 2 aromatic heterocycles. The van der Waals surface area contributed by atoms with E-state index >= 15 is 0 Å². The first kappa shape index (κ1) is 12.0. The van der Waals surface area contributed by atoms with Gasteiger partial charge in [0, 0.05) is 11.3 Å². The summed E-state index contributed by atoms with van der Waals surface area (Å²) in [5.74, 6) is 0. The van der Waals surface area contributed by atoms with Crippen molar-refractivity contribution in [3.8, 4) is 11.3 Å². The number of anilines is 1. The van der Waals surface area contributed by atoms with Crippen LogP contribution in [-0.4, -0.2) is 14.6 Å². The van der Waals surface area contributed by atoms with Gasteiger partial charge in [-0.25, -0.2) is 9.50 Å². The number of aromatic nitrogens is 3. The van der Waals surface area contributed by atoms with E-state index < -0.39 is 0 Å². The van der Waals surface area contributed by atoms with Crippen LogP contribution in [0.15, 0.2) is 30.3 Å². The Balaban J connectivity index is 2.24. The second-order valence-electron chi connectivity index (χ2n) is 4.54. The maximum Gasteiger partial charge on any atom is 0.154 e. The molecule has 0 unspecified atom stereocenters. The molecule has 2 N–H and O–H groups in total.